The minimum absolute atomic E-state index is 0.00312. The number of piperidine rings is 1. The van der Waals surface area contributed by atoms with Crippen LogP contribution in [0.3, 0.4) is 0 Å². The second-order valence-electron chi connectivity index (χ2n) is 18.1. The molecular weight excluding hydrogens is 755 g/mol. The van der Waals surface area contributed by atoms with Crippen LogP contribution in [-0.4, -0.2) is 89.4 Å². The van der Waals surface area contributed by atoms with Crippen LogP contribution in [-0.2, 0) is 42.0 Å². The molecular formula is C45H55N5O7S. The van der Waals surface area contributed by atoms with E-state index < -0.39 is 62.0 Å². The van der Waals surface area contributed by atoms with Crippen molar-refractivity contribution in [3.05, 3.63) is 72.3 Å². The molecule has 58 heavy (non-hydrogen) atoms. The predicted molar refractivity (Wildman–Crippen MR) is 221 cm³/mol. The van der Waals surface area contributed by atoms with Crippen LogP contribution in [0.4, 0.5) is 0 Å². The molecule has 4 fully saturated rings. The van der Waals surface area contributed by atoms with Crippen LogP contribution in [0.2, 0.25) is 0 Å². The fourth-order valence-corrected chi connectivity index (χ4v) is 10.5. The Kier molecular flexibility index (Phi) is 10.6. The van der Waals surface area contributed by atoms with Crippen molar-refractivity contribution in [3.63, 3.8) is 0 Å². The number of rotatable bonds is 12. The number of likely N-dealkylation sites (tertiary alicyclic amines) is 2. The van der Waals surface area contributed by atoms with Crippen molar-refractivity contribution in [2.24, 2.45) is 17.3 Å². The molecule has 5 aliphatic rings. The normalized spacial score (nSPS) is 24.8. The minimum atomic E-state index is -3.89. The molecule has 12 nitrogen and oxygen atoms in total. The van der Waals surface area contributed by atoms with Gasteiger partial charge in [-0.1, -0.05) is 63.2 Å². The van der Waals surface area contributed by atoms with E-state index in [1.54, 1.807) is 6.08 Å². The number of aromatic nitrogens is 1. The smallest absolute Gasteiger partial charge is 0.259 e. The van der Waals surface area contributed by atoms with Gasteiger partial charge in [-0.05, 0) is 80.4 Å². The van der Waals surface area contributed by atoms with E-state index in [2.05, 4.69) is 22.7 Å². The Labute approximate surface area is 341 Å². The zero-order chi connectivity index (χ0) is 41.0. The first-order valence-electron chi connectivity index (χ1n) is 20.9. The number of aryl methyl sites for hydroxylation is 2. The molecule has 2 aromatic carbocycles. The van der Waals surface area contributed by atoms with E-state index in [0.29, 0.717) is 31.7 Å². The van der Waals surface area contributed by atoms with Crippen molar-refractivity contribution in [1.29, 1.82) is 0 Å². The molecule has 13 heteroatoms. The van der Waals surface area contributed by atoms with Crippen molar-refractivity contribution >= 4 is 44.6 Å². The molecule has 1 aromatic heterocycles. The maximum atomic E-state index is 14.9. The van der Waals surface area contributed by atoms with Gasteiger partial charge in [0.15, 0.2) is 0 Å². The molecule has 0 spiro atoms. The summed E-state index contributed by atoms with van der Waals surface area (Å²) < 4.78 is 34.8. The lowest BCUT2D eigenvalue weighted by Crippen LogP contribution is -2.57. The number of hydrogen-bond acceptors (Lipinski definition) is 8. The summed E-state index contributed by atoms with van der Waals surface area (Å²) in [6.07, 6.45) is 8.04. The molecule has 5 atom stereocenters. The van der Waals surface area contributed by atoms with E-state index in [1.807, 2.05) is 68.1 Å². The highest BCUT2D eigenvalue weighted by Crippen LogP contribution is 2.46. The van der Waals surface area contributed by atoms with Gasteiger partial charge in [0.25, 0.3) is 5.91 Å². The highest BCUT2D eigenvalue weighted by Gasteiger charge is 2.62. The van der Waals surface area contributed by atoms with Crippen molar-refractivity contribution in [2.45, 2.75) is 114 Å². The average Bonchev–Trinajstić information content (AvgIpc) is 4.09. The highest BCUT2D eigenvalue weighted by molar-refractivity contribution is 7.91. The molecule has 0 bridgehead atoms. The third-order valence-electron chi connectivity index (χ3n) is 12.9. The van der Waals surface area contributed by atoms with E-state index >= 15 is 0 Å². The van der Waals surface area contributed by atoms with E-state index in [-0.39, 0.29) is 37.6 Å². The van der Waals surface area contributed by atoms with Crippen molar-refractivity contribution in [2.75, 3.05) is 19.6 Å². The molecule has 308 valence electrons. The predicted octanol–water partition coefficient (Wildman–Crippen LogP) is 5.47. The number of nitrogens with zero attached hydrogens (tertiary/aromatic N) is 3. The van der Waals surface area contributed by atoms with Gasteiger partial charge in [0, 0.05) is 48.9 Å². The van der Waals surface area contributed by atoms with Gasteiger partial charge in [0.2, 0.25) is 27.7 Å². The third-order valence-corrected chi connectivity index (χ3v) is 14.7. The molecule has 2 unspecified atom stereocenters. The van der Waals surface area contributed by atoms with Gasteiger partial charge in [-0.25, -0.2) is 13.4 Å². The summed E-state index contributed by atoms with van der Waals surface area (Å²) in [5.41, 5.74) is 2.91. The van der Waals surface area contributed by atoms with E-state index in [0.717, 1.165) is 60.7 Å². The molecule has 8 rings (SSSR count). The second kappa shape index (κ2) is 15.4. The van der Waals surface area contributed by atoms with Gasteiger partial charge in [-0.3, -0.25) is 23.9 Å². The van der Waals surface area contributed by atoms with Gasteiger partial charge >= 0.3 is 0 Å². The summed E-state index contributed by atoms with van der Waals surface area (Å²) >= 11 is 0. The number of amides is 4. The highest BCUT2D eigenvalue weighted by atomic mass is 32.2. The molecule has 3 aliphatic carbocycles. The zero-order valence-electron chi connectivity index (χ0n) is 33.8. The number of sulfonamides is 1. The second-order valence-corrected chi connectivity index (χ2v) is 20.0. The zero-order valence-corrected chi connectivity index (χ0v) is 34.6. The maximum absolute atomic E-state index is 14.9. The Bertz CT molecular complexity index is 2250. The number of carbonyl (C=O) groups excluding carboxylic acids is 4. The lowest BCUT2D eigenvalue weighted by atomic mass is 9.77. The lowest BCUT2D eigenvalue weighted by Gasteiger charge is -2.36. The van der Waals surface area contributed by atoms with Crippen LogP contribution in [0, 0.1) is 17.3 Å². The number of pyridine rings is 1. The first-order valence-corrected chi connectivity index (χ1v) is 22.5. The van der Waals surface area contributed by atoms with Crippen LogP contribution < -0.4 is 14.8 Å². The van der Waals surface area contributed by atoms with E-state index in [9.17, 15) is 27.6 Å². The summed E-state index contributed by atoms with van der Waals surface area (Å²) in [5.74, 6) is -2.44. The van der Waals surface area contributed by atoms with Gasteiger partial charge in [0.05, 0.1) is 28.9 Å². The Morgan fingerprint density at radius 2 is 1.76 bits per heavy atom. The largest absolute Gasteiger partial charge is 0.488 e. The fraction of sp³-hybridized carbons (Fsp3) is 0.533. The van der Waals surface area contributed by atoms with Crippen LogP contribution in [0.25, 0.3) is 22.2 Å². The third kappa shape index (κ3) is 7.86. The molecule has 2 N–H and O–H groups in total. The first kappa shape index (κ1) is 40.0. The van der Waals surface area contributed by atoms with Gasteiger partial charge < -0.3 is 19.9 Å². The topological polar surface area (TPSA) is 155 Å². The Morgan fingerprint density at radius 1 is 1.02 bits per heavy atom. The van der Waals surface area contributed by atoms with Gasteiger partial charge in [-0.2, -0.15) is 0 Å². The van der Waals surface area contributed by atoms with Gasteiger partial charge in [-0.15, -0.1) is 6.58 Å². The van der Waals surface area contributed by atoms with Crippen molar-refractivity contribution < 1.29 is 32.3 Å². The molecule has 2 saturated carbocycles. The summed E-state index contributed by atoms with van der Waals surface area (Å²) in [5, 5.41) is 3.13. The Balaban J connectivity index is 1.12. The standard InChI is InChI=1S/C45H55N5O7S/c1-5-30-26-45(30,43(54)48-58(55,56)32-18-19-32)47-41(52)37-23-31(27-50(37)42(53)35(44(2,3)4)24-39(51)49-21-10-7-11-22-49)57-38-25-36(29-13-8-6-9-14-29)46-40-33-16-12-15-28(33)17-20-34(38)40/h5-6,8-9,13-14,17,20,25,30-32,35,37H,1,7,10-12,15-16,18-19,21-24,26-27H2,2-4H3,(H,47,52)(H,48,54)/t30-,31-,35?,37+,45?/m1/s1. The number of nitrogens with one attached hydrogen (secondary N) is 2. The number of fused-ring (bicyclic) bond motifs is 3. The SMILES string of the molecule is C=C[C@@H]1CC1(NC(=O)[C@@H]1C[C@@H](Oc2cc(-c3ccccc3)nc3c4c(ccc23)CCC4)CN1C(=O)C(CC(=O)N1CCCCC1)C(C)(C)C)C(=O)NS(=O)(=O)C1CC1. The number of hydrogen-bond donors (Lipinski definition) is 2. The quantitative estimate of drug-likeness (QED) is 0.228. The first-order chi connectivity index (χ1) is 27.7. The minimum Gasteiger partial charge on any atom is -0.488 e. The van der Waals surface area contributed by atoms with Crippen LogP contribution in [0.1, 0.15) is 89.7 Å². The number of benzene rings is 2. The van der Waals surface area contributed by atoms with Crippen LogP contribution >= 0.6 is 0 Å². The number of carbonyl (C=O) groups is 4. The average molecular weight is 810 g/mol. The molecule has 3 heterocycles. The van der Waals surface area contributed by atoms with E-state index in [4.69, 9.17) is 9.72 Å². The fourth-order valence-electron chi connectivity index (χ4n) is 9.17. The maximum Gasteiger partial charge on any atom is 0.259 e. The van der Waals surface area contributed by atoms with E-state index in [1.165, 1.54) is 16.0 Å². The Hall–Kier alpha value is -4.78. The summed E-state index contributed by atoms with van der Waals surface area (Å²) in [6.45, 7) is 11.0. The molecule has 2 saturated heterocycles. The molecule has 2 aliphatic heterocycles. The molecule has 3 aromatic rings. The summed E-state index contributed by atoms with van der Waals surface area (Å²) in [7, 11) is -3.89. The summed E-state index contributed by atoms with van der Waals surface area (Å²) in [4.78, 5) is 65.4. The van der Waals surface area contributed by atoms with Crippen LogP contribution in [0.5, 0.6) is 5.75 Å². The monoisotopic (exact) mass is 809 g/mol. The summed E-state index contributed by atoms with van der Waals surface area (Å²) in [6, 6.07) is 14.9. The van der Waals surface area contributed by atoms with Crippen molar-refractivity contribution in [1.82, 2.24) is 24.8 Å². The molecule has 0 radical (unpaired) electrons. The molecule has 4 amide bonds. The van der Waals surface area contributed by atoms with Crippen molar-refractivity contribution in [3.8, 4) is 17.0 Å². The lowest BCUT2D eigenvalue weighted by molar-refractivity contribution is -0.148. The Morgan fingerprint density at radius 3 is 2.43 bits per heavy atom. The van der Waals surface area contributed by atoms with Gasteiger partial charge in [0.1, 0.15) is 23.4 Å². The number of ether oxygens (including phenoxy) is 1. The van der Waals surface area contributed by atoms with Crippen LogP contribution in [0.15, 0.2) is 61.2 Å².